The third kappa shape index (κ3) is 5.98. The first-order chi connectivity index (χ1) is 18.5. The average Bonchev–Trinajstić information content (AvgIpc) is 2.89. The molecule has 3 heterocycles. The number of piperidine rings is 1. The third-order valence-corrected chi connectivity index (χ3v) is 6.89. The molecule has 2 aromatic carbocycles. The molecule has 1 saturated heterocycles. The molecular weight excluding hydrogens is 520 g/mol. The molecule has 0 radical (unpaired) electrons. The van der Waals surface area contributed by atoms with Gasteiger partial charge in [0.05, 0.1) is 28.9 Å². The van der Waals surface area contributed by atoms with Gasteiger partial charge in [0.15, 0.2) is 0 Å². The van der Waals surface area contributed by atoms with Crippen molar-refractivity contribution < 1.29 is 26.3 Å². The largest absolute Gasteiger partial charge is 0.418 e. The van der Waals surface area contributed by atoms with Crippen LogP contribution in [0.25, 0.3) is 22.2 Å². The molecule has 1 atom stereocenters. The topological polar surface area (TPSA) is 53.9 Å². The Morgan fingerprint density at radius 1 is 0.923 bits per heavy atom. The van der Waals surface area contributed by atoms with Crippen molar-refractivity contribution in [2.24, 2.45) is 0 Å². The fourth-order valence-corrected chi connectivity index (χ4v) is 4.81. The van der Waals surface area contributed by atoms with Gasteiger partial charge in [-0.25, -0.2) is 9.97 Å². The third-order valence-electron chi connectivity index (χ3n) is 6.89. The van der Waals surface area contributed by atoms with Crippen LogP contribution in [0.1, 0.15) is 43.1 Å². The molecule has 4 aromatic rings. The van der Waals surface area contributed by atoms with Gasteiger partial charge in [-0.2, -0.15) is 26.3 Å². The number of anilines is 2. The lowest BCUT2D eigenvalue weighted by molar-refractivity contribution is -0.138. The molecule has 39 heavy (non-hydrogen) atoms. The van der Waals surface area contributed by atoms with E-state index in [1.54, 1.807) is 6.07 Å². The van der Waals surface area contributed by atoms with Crippen molar-refractivity contribution in [3.63, 3.8) is 0 Å². The normalized spacial score (nSPS) is 16.9. The second-order valence-corrected chi connectivity index (χ2v) is 9.63. The molecule has 5 rings (SSSR count). The minimum absolute atomic E-state index is 0.214. The number of alkyl halides is 6. The smallest absolute Gasteiger partial charge is 0.340 e. The fraction of sp³-hybridized carbons (Fsp3) is 0.321. The molecular formula is C28H25F6N5. The Kier molecular flexibility index (Phi) is 7.19. The van der Waals surface area contributed by atoms with Gasteiger partial charge in [-0.05, 0) is 74.8 Å². The molecule has 1 aliphatic rings. The summed E-state index contributed by atoms with van der Waals surface area (Å²) < 4.78 is 80.1. The van der Waals surface area contributed by atoms with Gasteiger partial charge in [0.2, 0.25) is 0 Å². The lowest BCUT2D eigenvalue weighted by Crippen LogP contribution is -2.37. The predicted octanol–water partition coefficient (Wildman–Crippen LogP) is 7.85. The number of pyridine rings is 1. The average molecular weight is 546 g/mol. The molecule has 0 aliphatic carbocycles. The summed E-state index contributed by atoms with van der Waals surface area (Å²) in [5.41, 5.74) is -0.825. The number of benzene rings is 2. The maximum absolute atomic E-state index is 13.7. The number of hydrogen-bond acceptors (Lipinski definition) is 5. The Bertz CT molecular complexity index is 1470. The van der Waals surface area contributed by atoms with Crippen LogP contribution in [0, 0.1) is 0 Å². The van der Waals surface area contributed by atoms with Crippen molar-refractivity contribution in [3.8, 4) is 11.3 Å². The summed E-state index contributed by atoms with van der Waals surface area (Å²) in [6.07, 6.45) is -4.54. The van der Waals surface area contributed by atoms with Crippen molar-refractivity contribution in [2.75, 3.05) is 11.9 Å². The van der Waals surface area contributed by atoms with Crippen LogP contribution in [0.4, 0.5) is 37.8 Å². The van der Waals surface area contributed by atoms with Crippen LogP contribution in [-0.4, -0.2) is 32.4 Å². The van der Waals surface area contributed by atoms with Crippen molar-refractivity contribution in [1.82, 2.24) is 19.9 Å². The summed E-state index contributed by atoms with van der Waals surface area (Å²) in [7, 11) is 0. The predicted molar refractivity (Wildman–Crippen MR) is 136 cm³/mol. The monoisotopic (exact) mass is 545 g/mol. The first-order valence-corrected chi connectivity index (χ1v) is 12.5. The van der Waals surface area contributed by atoms with Gasteiger partial charge in [-0.15, -0.1) is 0 Å². The van der Waals surface area contributed by atoms with Crippen LogP contribution < -0.4 is 5.32 Å². The molecule has 5 nitrogen and oxygen atoms in total. The van der Waals surface area contributed by atoms with Crippen LogP contribution >= 0.6 is 0 Å². The van der Waals surface area contributed by atoms with E-state index >= 15 is 0 Å². The van der Waals surface area contributed by atoms with E-state index in [0.29, 0.717) is 40.8 Å². The van der Waals surface area contributed by atoms with E-state index in [1.807, 2.05) is 0 Å². The molecule has 0 bridgehead atoms. The highest BCUT2D eigenvalue weighted by molar-refractivity contribution is 5.93. The van der Waals surface area contributed by atoms with Crippen molar-refractivity contribution >= 4 is 22.4 Å². The van der Waals surface area contributed by atoms with Gasteiger partial charge in [-0.1, -0.05) is 12.5 Å². The highest BCUT2D eigenvalue weighted by Crippen LogP contribution is 2.37. The molecule has 0 saturated carbocycles. The van der Waals surface area contributed by atoms with E-state index in [-0.39, 0.29) is 11.3 Å². The maximum Gasteiger partial charge on any atom is 0.418 e. The lowest BCUT2D eigenvalue weighted by atomic mass is 10.0. The second kappa shape index (κ2) is 10.4. The molecule has 1 unspecified atom stereocenters. The second-order valence-electron chi connectivity index (χ2n) is 9.63. The summed E-state index contributed by atoms with van der Waals surface area (Å²) in [5, 5.41) is 3.59. The Morgan fingerprint density at radius 3 is 2.38 bits per heavy atom. The van der Waals surface area contributed by atoms with Gasteiger partial charge in [0.25, 0.3) is 0 Å². The van der Waals surface area contributed by atoms with Crippen LogP contribution in [0.15, 0.2) is 60.8 Å². The Morgan fingerprint density at radius 2 is 1.69 bits per heavy atom. The zero-order valence-electron chi connectivity index (χ0n) is 20.9. The summed E-state index contributed by atoms with van der Waals surface area (Å²) in [6.45, 7) is 3.42. The van der Waals surface area contributed by atoms with Crippen molar-refractivity contribution in [2.45, 2.75) is 51.1 Å². The summed E-state index contributed by atoms with van der Waals surface area (Å²) in [5.74, 6) is 0.808. The summed E-state index contributed by atoms with van der Waals surface area (Å²) in [4.78, 5) is 15.6. The molecule has 0 amide bonds. The first kappa shape index (κ1) is 26.9. The van der Waals surface area contributed by atoms with Gasteiger partial charge in [0, 0.05) is 28.9 Å². The van der Waals surface area contributed by atoms with E-state index in [0.717, 1.165) is 44.0 Å². The van der Waals surface area contributed by atoms with E-state index in [4.69, 9.17) is 0 Å². The first-order valence-electron chi connectivity index (χ1n) is 12.5. The standard InChI is InChI=1S/C28H25F6N5/c1-17-5-2-3-14-39(17)16-24-37-23-15-18(25-22(28(32,33)34)6-4-13-35-25)7-12-21(23)26(38-24)36-20-10-8-19(9-11-20)27(29,30)31/h4,6-13,15,17H,2-3,5,14,16H2,1H3,(H,36,37,38). The zero-order chi connectivity index (χ0) is 27.8. The number of nitrogens with zero attached hydrogens (tertiary/aromatic N) is 4. The minimum atomic E-state index is -4.59. The van der Waals surface area contributed by atoms with Crippen LogP contribution in [-0.2, 0) is 18.9 Å². The number of hydrogen-bond donors (Lipinski definition) is 1. The Balaban J connectivity index is 1.58. The van der Waals surface area contributed by atoms with Crippen molar-refractivity contribution in [3.05, 3.63) is 77.7 Å². The van der Waals surface area contributed by atoms with E-state index in [1.165, 1.54) is 36.5 Å². The van der Waals surface area contributed by atoms with E-state index in [2.05, 4.69) is 32.1 Å². The summed E-state index contributed by atoms with van der Waals surface area (Å²) >= 11 is 0. The zero-order valence-corrected chi connectivity index (χ0v) is 20.9. The molecule has 2 aromatic heterocycles. The number of fused-ring (bicyclic) bond motifs is 1. The molecule has 1 N–H and O–H groups in total. The quantitative estimate of drug-likeness (QED) is 0.259. The van der Waals surface area contributed by atoms with E-state index < -0.39 is 23.5 Å². The summed E-state index contributed by atoms with van der Waals surface area (Å²) in [6, 6.07) is 11.7. The SMILES string of the molecule is CC1CCCCN1Cc1nc(Nc2ccc(C(F)(F)F)cc2)c2ccc(-c3ncccc3C(F)(F)F)cc2n1. The van der Waals surface area contributed by atoms with Crippen LogP contribution in [0.2, 0.25) is 0 Å². The van der Waals surface area contributed by atoms with Gasteiger partial charge >= 0.3 is 12.4 Å². The number of aromatic nitrogens is 3. The lowest BCUT2D eigenvalue weighted by Gasteiger charge is -2.32. The highest BCUT2D eigenvalue weighted by atomic mass is 19.4. The minimum Gasteiger partial charge on any atom is -0.340 e. The van der Waals surface area contributed by atoms with Gasteiger partial charge in [-0.3, -0.25) is 9.88 Å². The van der Waals surface area contributed by atoms with E-state index in [9.17, 15) is 26.3 Å². The molecule has 204 valence electrons. The van der Waals surface area contributed by atoms with Crippen LogP contribution in [0.5, 0.6) is 0 Å². The molecule has 11 heteroatoms. The number of rotatable bonds is 5. The molecule has 0 spiro atoms. The number of nitrogens with one attached hydrogen (secondary N) is 1. The molecule has 1 aliphatic heterocycles. The Labute approximate surface area is 220 Å². The Hall–Kier alpha value is -3.73. The highest BCUT2D eigenvalue weighted by Gasteiger charge is 2.34. The van der Waals surface area contributed by atoms with Gasteiger partial charge < -0.3 is 5.32 Å². The van der Waals surface area contributed by atoms with Crippen LogP contribution in [0.3, 0.4) is 0 Å². The molecule has 1 fully saturated rings. The maximum atomic E-state index is 13.7. The fourth-order valence-electron chi connectivity index (χ4n) is 4.81. The van der Waals surface area contributed by atoms with Crippen molar-refractivity contribution in [1.29, 1.82) is 0 Å². The number of likely N-dealkylation sites (tertiary alicyclic amines) is 1. The van der Waals surface area contributed by atoms with Gasteiger partial charge in [0.1, 0.15) is 11.6 Å². The number of halogens is 6.